The van der Waals surface area contributed by atoms with E-state index in [0.29, 0.717) is 0 Å². The van der Waals surface area contributed by atoms with Crippen LogP contribution in [0.1, 0.15) is 6.23 Å². The van der Waals surface area contributed by atoms with Gasteiger partial charge in [0.25, 0.3) is 5.56 Å². The highest BCUT2D eigenvalue weighted by Gasteiger charge is 2.64. The molecule has 9 nitrogen and oxygen atoms in total. The Labute approximate surface area is 125 Å². The topological polar surface area (TPSA) is 116 Å². The number of aromatic nitrogens is 1. The van der Waals surface area contributed by atoms with Crippen LogP contribution in [0.25, 0.3) is 0 Å². The first-order valence-corrected chi connectivity index (χ1v) is 8.09. The van der Waals surface area contributed by atoms with E-state index < -0.39 is 31.9 Å². The van der Waals surface area contributed by atoms with Gasteiger partial charge < -0.3 is 24.0 Å². The number of pyridine rings is 1. The molecular weight excluding hydrogens is 317 g/mol. The predicted molar refractivity (Wildman–Crippen MR) is 72.1 cm³/mol. The summed E-state index contributed by atoms with van der Waals surface area (Å²) in [7, 11) is -3.32. The van der Waals surface area contributed by atoms with E-state index in [-0.39, 0.29) is 18.8 Å². The van der Waals surface area contributed by atoms with Gasteiger partial charge >= 0.3 is 7.82 Å². The zero-order valence-corrected chi connectivity index (χ0v) is 12.6. The minimum atomic E-state index is -4.75. The van der Waals surface area contributed by atoms with Gasteiger partial charge in [-0.1, -0.05) is 6.07 Å². The summed E-state index contributed by atoms with van der Waals surface area (Å²) in [6, 6.07) is 4.59. The van der Waals surface area contributed by atoms with E-state index in [0.717, 1.165) is 0 Å². The Hall–Kier alpha value is -1.06. The fourth-order valence-electron chi connectivity index (χ4n) is 2.92. The van der Waals surface area contributed by atoms with Crippen LogP contribution in [0.2, 0.25) is 0 Å². The summed E-state index contributed by atoms with van der Waals surface area (Å²) in [5, 5.41) is 0. The monoisotopic (exact) mass is 333 g/mol. The van der Waals surface area contributed by atoms with Gasteiger partial charge in [-0.15, -0.1) is 0 Å². The van der Waals surface area contributed by atoms with Crippen molar-refractivity contribution < 1.29 is 33.1 Å². The summed E-state index contributed by atoms with van der Waals surface area (Å²) >= 11 is 0. The molecular formula is C12H16NO8P. The summed E-state index contributed by atoms with van der Waals surface area (Å²) < 4.78 is 33.9. The smallest absolute Gasteiger partial charge is 0.381 e. The highest BCUT2D eigenvalue weighted by atomic mass is 31.2. The Bertz CT molecular complexity index is 657. The third kappa shape index (κ3) is 2.65. The molecule has 3 rings (SSSR count). The lowest BCUT2D eigenvalue weighted by molar-refractivity contribution is -0.190. The Morgan fingerprint density at radius 3 is 2.91 bits per heavy atom. The van der Waals surface area contributed by atoms with E-state index in [1.54, 1.807) is 12.1 Å². The minimum absolute atomic E-state index is 0.0201. The van der Waals surface area contributed by atoms with Crippen molar-refractivity contribution in [2.45, 2.75) is 24.0 Å². The molecule has 0 saturated carbocycles. The Balaban J connectivity index is 1.96. The average Bonchev–Trinajstić information content (AvgIpc) is 2.89. The molecule has 2 aliphatic heterocycles. The summed E-state index contributed by atoms with van der Waals surface area (Å²) in [5.41, 5.74) is -1.48. The van der Waals surface area contributed by atoms with E-state index in [1.165, 1.54) is 23.9 Å². The largest absolute Gasteiger partial charge is 0.470 e. The second-order valence-electron chi connectivity index (χ2n) is 5.24. The SMILES string of the molecule is COC[C@@]12COC(C(n3ccccc3=O)O1)[C@@H]2OP(=O)(O)O. The van der Waals surface area contributed by atoms with E-state index in [1.807, 2.05) is 0 Å². The Kier molecular flexibility index (Phi) is 3.98. The molecule has 2 fully saturated rings. The summed E-state index contributed by atoms with van der Waals surface area (Å²) in [6.45, 7) is 0.0838. The lowest BCUT2D eigenvalue weighted by atomic mass is 10.0. The first kappa shape index (κ1) is 15.8. The van der Waals surface area contributed by atoms with Gasteiger partial charge in [0, 0.05) is 19.4 Å². The fourth-order valence-corrected chi connectivity index (χ4v) is 3.53. The van der Waals surface area contributed by atoms with Crippen molar-refractivity contribution in [3.63, 3.8) is 0 Å². The molecule has 122 valence electrons. The van der Waals surface area contributed by atoms with Crippen LogP contribution in [0.3, 0.4) is 0 Å². The second kappa shape index (κ2) is 5.54. The van der Waals surface area contributed by atoms with Gasteiger partial charge in [-0.2, -0.15) is 0 Å². The van der Waals surface area contributed by atoms with E-state index in [2.05, 4.69) is 0 Å². The van der Waals surface area contributed by atoms with Crippen LogP contribution in [0.4, 0.5) is 0 Å². The zero-order valence-electron chi connectivity index (χ0n) is 11.7. The fraction of sp³-hybridized carbons (Fsp3) is 0.583. The standard InChI is InChI=1S/C12H16NO8P/c1-18-6-12-7-19-9(10(12)21-22(15,16)17)11(20-12)13-5-3-2-4-8(13)14/h2-5,9-11H,6-7H2,1H3,(H2,15,16,17)/t9?,10-,11?,12-/m0/s1. The van der Waals surface area contributed by atoms with Crippen molar-refractivity contribution in [2.24, 2.45) is 0 Å². The van der Waals surface area contributed by atoms with Crippen LogP contribution in [-0.4, -0.2) is 52.5 Å². The molecule has 1 aromatic rings. The van der Waals surface area contributed by atoms with Crippen molar-refractivity contribution in [1.82, 2.24) is 4.57 Å². The zero-order chi connectivity index (χ0) is 16.0. The normalized spacial score (nSPS) is 34.2. The first-order valence-electron chi connectivity index (χ1n) is 6.56. The number of rotatable bonds is 5. The number of methoxy groups -OCH3 is 1. The number of ether oxygens (including phenoxy) is 3. The molecule has 2 N–H and O–H groups in total. The predicted octanol–water partition coefficient (Wildman–Crippen LogP) is -0.361. The molecule has 3 heterocycles. The van der Waals surface area contributed by atoms with E-state index in [4.69, 9.17) is 28.5 Å². The number of nitrogens with zero attached hydrogens (tertiary/aromatic N) is 1. The van der Waals surface area contributed by atoms with Crippen LogP contribution in [-0.2, 0) is 23.3 Å². The number of fused-ring (bicyclic) bond motifs is 2. The van der Waals surface area contributed by atoms with E-state index in [9.17, 15) is 9.36 Å². The van der Waals surface area contributed by atoms with Gasteiger partial charge in [-0.25, -0.2) is 4.57 Å². The number of phosphoric ester groups is 1. The van der Waals surface area contributed by atoms with Crippen molar-refractivity contribution in [3.8, 4) is 0 Å². The first-order chi connectivity index (χ1) is 10.4. The Morgan fingerprint density at radius 1 is 1.50 bits per heavy atom. The van der Waals surface area contributed by atoms with Crippen molar-refractivity contribution in [2.75, 3.05) is 20.3 Å². The number of hydrogen-bond donors (Lipinski definition) is 2. The summed E-state index contributed by atoms with van der Waals surface area (Å²) in [5.74, 6) is 0. The second-order valence-corrected chi connectivity index (χ2v) is 6.44. The lowest BCUT2D eigenvalue weighted by Crippen LogP contribution is -2.45. The molecule has 2 saturated heterocycles. The molecule has 2 aliphatic rings. The molecule has 0 amide bonds. The van der Waals surface area contributed by atoms with Crippen LogP contribution in [0, 0.1) is 0 Å². The molecule has 10 heteroatoms. The van der Waals surface area contributed by atoms with Gasteiger partial charge in [0.05, 0.1) is 13.2 Å². The maximum Gasteiger partial charge on any atom is 0.470 e. The van der Waals surface area contributed by atoms with Crippen molar-refractivity contribution in [3.05, 3.63) is 34.7 Å². The number of hydrogen-bond acceptors (Lipinski definition) is 6. The lowest BCUT2D eigenvalue weighted by Gasteiger charge is -2.31. The van der Waals surface area contributed by atoms with Gasteiger partial charge in [-0.05, 0) is 6.07 Å². The molecule has 2 unspecified atom stereocenters. The van der Waals surface area contributed by atoms with Gasteiger partial charge in [0.2, 0.25) is 0 Å². The van der Waals surface area contributed by atoms with Crippen molar-refractivity contribution >= 4 is 7.82 Å². The maximum atomic E-state index is 11.9. The molecule has 0 aromatic carbocycles. The molecule has 2 bridgehead atoms. The summed E-state index contributed by atoms with van der Waals surface area (Å²) in [4.78, 5) is 30.1. The third-order valence-electron chi connectivity index (χ3n) is 3.74. The molecule has 1 aromatic heterocycles. The number of phosphoric acid groups is 1. The molecule has 4 atom stereocenters. The van der Waals surface area contributed by atoms with Crippen LogP contribution in [0.15, 0.2) is 29.2 Å². The Morgan fingerprint density at radius 2 is 2.27 bits per heavy atom. The molecule has 22 heavy (non-hydrogen) atoms. The molecule has 0 spiro atoms. The minimum Gasteiger partial charge on any atom is -0.381 e. The molecule has 0 aliphatic carbocycles. The summed E-state index contributed by atoms with van der Waals surface area (Å²) in [6.07, 6.45) is -1.17. The van der Waals surface area contributed by atoms with Gasteiger partial charge in [-0.3, -0.25) is 13.9 Å². The van der Waals surface area contributed by atoms with Gasteiger partial charge in [0.1, 0.15) is 17.8 Å². The van der Waals surface area contributed by atoms with E-state index >= 15 is 0 Å². The van der Waals surface area contributed by atoms with Crippen LogP contribution in [0.5, 0.6) is 0 Å². The molecule has 0 radical (unpaired) electrons. The van der Waals surface area contributed by atoms with Crippen LogP contribution < -0.4 is 5.56 Å². The van der Waals surface area contributed by atoms with Crippen LogP contribution >= 0.6 is 7.82 Å². The van der Waals surface area contributed by atoms with Crippen molar-refractivity contribution in [1.29, 1.82) is 0 Å². The third-order valence-corrected chi connectivity index (χ3v) is 4.24. The highest BCUT2D eigenvalue weighted by Crippen LogP contribution is 2.52. The maximum absolute atomic E-state index is 11.9. The average molecular weight is 333 g/mol. The quantitative estimate of drug-likeness (QED) is 0.702. The highest BCUT2D eigenvalue weighted by molar-refractivity contribution is 7.46. The van der Waals surface area contributed by atoms with Gasteiger partial charge in [0.15, 0.2) is 6.23 Å².